The summed E-state index contributed by atoms with van der Waals surface area (Å²) in [6, 6.07) is 20.9. The molecule has 2 aromatic carbocycles. The largest absolute Gasteiger partial charge is 0.361 e. The van der Waals surface area contributed by atoms with Gasteiger partial charge in [-0.3, -0.25) is 14.9 Å². The van der Waals surface area contributed by atoms with Gasteiger partial charge in [0.25, 0.3) is 11.1 Å². The van der Waals surface area contributed by atoms with Crippen molar-refractivity contribution in [1.29, 1.82) is 0 Å². The fraction of sp³-hybridized carbons (Fsp3) is 0.219. The highest BCUT2D eigenvalue weighted by Crippen LogP contribution is 2.29. The van der Waals surface area contributed by atoms with Crippen molar-refractivity contribution in [1.82, 2.24) is 30.6 Å². The number of aromatic nitrogens is 4. The summed E-state index contributed by atoms with van der Waals surface area (Å²) in [5.41, 5.74) is 6.07. The molecule has 2 saturated heterocycles. The van der Waals surface area contributed by atoms with E-state index in [1.807, 2.05) is 12.3 Å². The number of pyridine rings is 1. The maximum absolute atomic E-state index is 11.9. The second-order valence-electron chi connectivity index (χ2n) is 10.7. The molecule has 2 fully saturated rings. The SMILES string of the molecule is O=C1NC(=O)/C(=C\c2ccnc(N3CCC(CNCc4cc5ccccc5nc4-c4ccc5[nH]ccc5c4)CC3)n2)S1. The molecule has 0 saturated carbocycles. The van der Waals surface area contributed by atoms with Gasteiger partial charge in [-0.1, -0.05) is 24.3 Å². The highest BCUT2D eigenvalue weighted by Gasteiger charge is 2.26. The van der Waals surface area contributed by atoms with Crippen LogP contribution in [0.15, 0.2) is 78.0 Å². The molecule has 42 heavy (non-hydrogen) atoms. The number of H-pyrrole nitrogens is 1. The second kappa shape index (κ2) is 11.4. The zero-order valence-corrected chi connectivity index (χ0v) is 23.7. The monoisotopic (exact) mass is 575 g/mol. The first kappa shape index (κ1) is 26.4. The van der Waals surface area contributed by atoms with Gasteiger partial charge in [-0.25, -0.2) is 15.0 Å². The molecule has 0 atom stereocenters. The molecule has 0 spiro atoms. The van der Waals surface area contributed by atoms with Crippen LogP contribution in [0, 0.1) is 5.92 Å². The molecule has 0 bridgehead atoms. The van der Waals surface area contributed by atoms with Gasteiger partial charge in [0.15, 0.2) is 0 Å². The molecule has 0 unspecified atom stereocenters. The molecule has 5 heterocycles. The average molecular weight is 576 g/mol. The van der Waals surface area contributed by atoms with E-state index in [9.17, 15) is 9.59 Å². The number of nitrogens with one attached hydrogen (secondary N) is 3. The molecule has 3 aromatic heterocycles. The lowest BCUT2D eigenvalue weighted by atomic mass is 9.96. The lowest BCUT2D eigenvalue weighted by Crippen LogP contribution is -2.38. The number of hydrogen-bond acceptors (Lipinski definition) is 8. The minimum Gasteiger partial charge on any atom is -0.361 e. The molecule has 0 radical (unpaired) electrons. The predicted molar refractivity (Wildman–Crippen MR) is 167 cm³/mol. The Bertz CT molecular complexity index is 1840. The highest BCUT2D eigenvalue weighted by atomic mass is 32.2. The summed E-state index contributed by atoms with van der Waals surface area (Å²) < 4.78 is 0. The minimum atomic E-state index is -0.383. The number of hydrogen-bond donors (Lipinski definition) is 3. The van der Waals surface area contributed by atoms with Crippen molar-refractivity contribution >= 4 is 56.7 Å². The molecule has 5 aromatic rings. The third-order valence-corrected chi connectivity index (χ3v) is 8.67. The first-order valence-corrected chi connectivity index (χ1v) is 14.9. The zero-order chi connectivity index (χ0) is 28.5. The Labute approximate surface area is 246 Å². The zero-order valence-electron chi connectivity index (χ0n) is 22.8. The van der Waals surface area contributed by atoms with E-state index in [1.165, 1.54) is 10.9 Å². The van der Waals surface area contributed by atoms with Gasteiger partial charge >= 0.3 is 0 Å². The number of nitrogens with zero attached hydrogens (tertiary/aromatic N) is 4. The number of amides is 2. The fourth-order valence-corrected chi connectivity index (χ4v) is 6.31. The van der Waals surface area contributed by atoms with Gasteiger partial charge in [0.05, 0.1) is 21.8 Å². The van der Waals surface area contributed by atoms with Gasteiger partial charge in [-0.15, -0.1) is 0 Å². The molecule has 2 aliphatic heterocycles. The minimum absolute atomic E-state index is 0.351. The number of para-hydroxylation sites is 1. The van der Waals surface area contributed by atoms with Crippen LogP contribution < -0.4 is 15.5 Å². The van der Waals surface area contributed by atoms with Crippen molar-refractivity contribution in [3.05, 3.63) is 89.2 Å². The summed E-state index contributed by atoms with van der Waals surface area (Å²) in [5.74, 6) is 0.813. The van der Waals surface area contributed by atoms with Crippen molar-refractivity contribution in [2.45, 2.75) is 19.4 Å². The van der Waals surface area contributed by atoms with E-state index in [0.29, 0.717) is 22.5 Å². The molecular weight excluding hydrogens is 546 g/mol. The van der Waals surface area contributed by atoms with Crippen LogP contribution in [-0.2, 0) is 11.3 Å². The number of piperidine rings is 1. The Morgan fingerprint density at radius 3 is 2.74 bits per heavy atom. The number of benzene rings is 2. The Morgan fingerprint density at radius 1 is 1.00 bits per heavy atom. The van der Waals surface area contributed by atoms with Gasteiger partial charge in [-0.05, 0) is 85.1 Å². The van der Waals surface area contributed by atoms with Gasteiger partial charge in [-0.2, -0.15) is 0 Å². The topological polar surface area (TPSA) is 116 Å². The molecule has 9 nitrogen and oxygen atoms in total. The molecule has 0 aliphatic carbocycles. The van der Waals surface area contributed by atoms with Crippen LogP contribution in [0.4, 0.5) is 10.7 Å². The summed E-state index contributed by atoms with van der Waals surface area (Å²) in [6.45, 7) is 3.38. The van der Waals surface area contributed by atoms with Crippen LogP contribution >= 0.6 is 11.8 Å². The third kappa shape index (κ3) is 5.50. The molecule has 3 N–H and O–H groups in total. The van der Waals surface area contributed by atoms with E-state index in [-0.39, 0.29) is 11.1 Å². The normalized spacial score (nSPS) is 17.0. The lowest BCUT2D eigenvalue weighted by Gasteiger charge is -2.32. The van der Waals surface area contributed by atoms with E-state index in [1.54, 1.807) is 18.3 Å². The number of imide groups is 1. The van der Waals surface area contributed by atoms with Crippen LogP contribution in [0.25, 0.3) is 39.1 Å². The van der Waals surface area contributed by atoms with Crippen LogP contribution in [0.1, 0.15) is 24.1 Å². The van der Waals surface area contributed by atoms with Crippen molar-refractivity contribution in [2.75, 3.05) is 24.5 Å². The van der Waals surface area contributed by atoms with E-state index < -0.39 is 0 Å². The highest BCUT2D eigenvalue weighted by molar-refractivity contribution is 8.18. The molecule has 2 amide bonds. The van der Waals surface area contributed by atoms with Gasteiger partial charge in [0, 0.05) is 53.9 Å². The summed E-state index contributed by atoms with van der Waals surface area (Å²) in [6.07, 6.45) is 7.36. The van der Waals surface area contributed by atoms with E-state index in [4.69, 9.17) is 4.98 Å². The fourth-order valence-electron chi connectivity index (χ4n) is 5.64. The summed E-state index contributed by atoms with van der Waals surface area (Å²) in [7, 11) is 0. The first-order valence-electron chi connectivity index (χ1n) is 14.1. The molecule has 7 rings (SSSR count). The number of aromatic amines is 1. The third-order valence-electron chi connectivity index (χ3n) is 7.86. The summed E-state index contributed by atoms with van der Waals surface area (Å²) in [5, 5.41) is 7.96. The smallest absolute Gasteiger partial charge is 0.290 e. The Kier molecular flexibility index (Phi) is 7.15. The quantitative estimate of drug-likeness (QED) is 0.218. The summed E-state index contributed by atoms with van der Waals surface area (Å²) in [4.78, 5) is 43.3. The maximum atomic E-state index is 11.9. The van der Waals surface area contributed by atoms with Crippen LogP contribution in [0.2, 0.25) is 0 Å². The number of rotatable bonds is 7. The number of thioether (sulfide) groups is 1. The predicted octanol–water partition coefficient (Wildman–Crippen LogP) is 5.50. The molecular formula is C32H29N7O2S. The van der Waals surface area contributed by atoms with Crippen molar-refractivity contribution < 1.29 is 9.59 Å². The Hall–Kier alpha value is -4.54. The van der Waals surface area contributed by atoms with Crippen molar-refractivity contribution in [3.63, 3.8) is 0 Å². The van der Waals surface area contributed by atoms with E-state index in [2.05, 4.69) is 79.0 Å². The van der Waals surface area contributed by atoms with Crippen LogP contribution in [-0.4, -0.2) is 50.7 Å². The number of carbonyl (C=O) groups excluding carboxylic acids is 2. The maximum Gasteiger partial charge on any atom is 0.290 e. The number of fused-ring (bicyclic) bond motifs is 2. The van der Waals surface area contributed by atoms with Crippen molar-refractivity contribution in [2.24, 2.45) is 5.92 Å². The lowest BCUT2D eigenvalue weighted by molar-refractivity contribution is -0.115. The van der Waals surface area contributed by atoms with Crippen LogP contribution in [0.3, 0.4) is 0 Å². The number of anilines is 1. The Morgan fingerprint density at radius 2 is 1.88 bits per heavy atom. The standard InChI is InChI=1S/C32H29N7O2S/c40-30-28(42-32(41)38-30)17-25-8-12-35-31(36-25)39-13-9-20(10-14-39)18-33-19-24-16-21-3-1-2-4-27(21)37-29(24)23-5-6-26-22(15-23)7-11-34-26/h1-8,11-12,15-17,20,33-34H,9-10,13-14,18-19H2,(H,38,40,41)/b28-17+. The van der Waals surface area contributed by atoms with Crippen LogP contribution in [0.5, 0.6) is 0 Å². The average Bonchev–Trinajstić information content (AvgIpc) is 3.61. The van der Waals surface area contributed by atoms with E-state index in [0.717, 1.165) is 78.5 Å². The van der Waals surface area contributed by atoms with E-state index >= 15 is 0 Å². The van der Waals surface area contributed by atoms with Gasteiger partial charge in [0.2, 0.25) is 5.95 Å². The number of carbonyl (C=O) groups is 2. The molecule has 210 valence electrons. The molecule has 10 heteroatoms. The van der Waals surface area contributed by atoms with Gasteiger partial charge in [0.1, 0.15) is 0 Å². The second-order valence-corrected chi connectivity index (χ2v) is 11.7. The van der Waals surface area contributed by atoms with Gasteiger partial charge < -0.3 is 15.2 Å². The first-order chi connectivity index (χ1) is 20.6. The van der Waals surface area contributed by atoms with Crippen molar-refractivity contribution in [3.8, 4) is 11.3 Å². The Balaban J connectivity index is 1.00. The summed E-state index contributed by atoms with van der Waals surface area (Å²) >= 11 is 0.892. The molecule has 2 aliphatic rings.